The van der Waals surface area contributed by atoms with E-state index in [0.29, 0.717) is 0 Å². The molecule has 130 valence electrons. The number of benzene rings is 1. The molecule has 0 saturated heterocycles. The van der Waals surface area contributed by atoms with E-state index < -0.39 is 20.8 Å². The maximum absolute atomic E-state index is 11.4. The third-order valence-electron chi connectivity index (χ3n) is 2.75. The average Bonchev–Trinajstić information content (AvgIpc) is 2.41. The van der Waals surface area contributed by atoms with Gasteiger partial charge in [-0.2, -0.15) is 0 Å². The zero-order valence-electron chi connectivity index (χ0n) is 12.6. The van der Waals surface area contributed by atoms with Crippen LogP contribution in [-0.2, 0) is 14.6 Å². The summed E-state index contributed by atoms with van der Waals surface area (Å²) in [4.78, 5) is 21.5. The van der Waals surface area contributed by atoms with Gasteiger partial charge in [-0.05, 0) is 19.1 Å². The highest BCUT2D eigenvalue weighted by atomic mass is 35.5. The number of anilines is 1. The number of sulfone groups is 1. The maximum Gasteiger partial charge on any atom is 0.293 e. The third kappa shape index (κ3) is 6.38. The molecule has 0 spiro atoms. The molecule has 0 heterocycles. The van der Waals surface area contributed by atoms with Crippen molar-refractivity contribution in [2.45, 2.75) is 17.9 Å². The molecule has 0 radical (unpaired) electrons. The third-order valence-corrected chi connectivity index (χ3v) is 3.86. The monoisotopic (exact) mass is 366 g/mol. The molecule has 23 heavy (non-hydrogen) atoms. The van der Waals surface area contributed by atoms with E-state index in [0.717, 1.165) is 12.3 Å². The summed E-state index contributed by atoms with van der Waals surface area (Å²) in [6.45, 7) is 2.00. The van der Waals surface area contributed by atoms with E-state index in [4.69, 9.17) is 5.73 Å². The molecule has 11 heteroatoms. The molecule has 0 unspecified atom stereocenters. The fraction of sp³-hybridized carbons (Fsp3) is 0.417. The first-order valence-corrected chi connectivity index (χ1v) is 8.27. The Morgan fingerprint density at radius 3 is 2.48 bits per heavy atom. The molecule has 1 aromatic carbocycles. The molecule has 1 aromatic rings. The topological polar surface area (TPSA) is 144 Å². The van der Waals surface area contributed by atoms with Gasteiger partial charge in [-0.1, -0.05) is 0 Å². The molecule has 1 rings (SSSR count). The Balaban J connectivity index is 0.00000484. The predicted octanol–water partition coefficient (Wildman–Crippen LogP) is 0.295. The van der Waals surface area contributed by atoms with Crippen LogP contribution in [0.2, 0.25) is 0 Å². The summed E-state index contributed by atoms with van der Waals surface area (Å²) in [6, 6.07) is 2.97. The summed E-state index contributed by atoms with van der Waals surface area (Å²) in [5, 5.41) is 16.3. The van der Waals surface area contributed by atoms with Crippen molar-refractivity contribution in [3.8, 4) is 0 Å². The van der Waals surface area contributed by atoms with Gasteiger partial charge in [0.05, 0.1) is 15.9 Å². The van der Waals surface area contributed by atoms with Crippen LogP contribution < -0.4 is 16.4 Å². The molecule has 0 fully saturated rings. The number of nitrogens with one attached hydrogen (secondary N) is 2. The number of halogens is 1. The Bertz CT molecular complexity index is 678. The number of hydrogen-bond donors (Lipinski definition) is 3. The van der Waals surface area contributed by atoms with Crippen molar-refractivity contribution >= 4 is 39.5 Å². The summed E-state index contributed by atoms with van der Waals surface area (Å²) in [5.41, 5.74) is 5.20. The molecule has 0 saturated carbocycles. The van der Waals surface area contributed by atoms with E-state index in [1.807, 2.05) is 0 Å². The fourth-order valence-electron chi connectivity index (χ4n) is 1.59. The molecule has 0 aliphatic rings. The van der Waals surface area contributed by atoms with E-state index in [9.17, 15) is 23.3 Å². The van der Waals surface area contributed by atoms with Crippen LogP contribution in [0.4, 0.5) is 11.4 Å². The quantitative estimate of drug-likeness (QED) is 0.357. The Hall–Kier alpha value is -1.91. The molecule has 0 bridgehead atoms. The van der Waals surface area contributed by atoms with Gasteiger partial charge in [-0.15, -0.1) is 12.4 Å². The van der Waals surface area contributed by atoms with Gasteiger partial charge >= 0.3 is 0 Å². The highest BCUT2D eigenvalue weighted by Crippen LogP contribution is 2.27. The smallest absolute Gasteiger partial charge is 0.293 e. The van der Waals surface area contributed by atoms with Crippen LogP contribution in [0.1, 0.15) is 6.92 Å². The van der Waals surface area contributed by atoms with Gasteiger partial charge in [0.2, 0.25) is 5.91 Å². The number of nitro groups is 1. The van der Waals surface area contributed by atoms with Crippen LogP contribution in [0, 0.1) is 10.1 Å². The van der Waals surface area contributed by atoms with Crippen molar-refractivity contribution in [1.82, 2.24) is 5.32 Å². The number of nitrogens with zero attached hydrogens (tertiary/aromatic N) is 1. The second-order valence-electron chi connectivity index (χ2n) is 4.71. The van der Waals surface area contributed by atoms with Crippen molar-refractivity contribution < 1.29 is 18.1 Å². The van der Waals surface area contributed by atoms with Crippen LogP contribution >= 0.6 is 12.4 Å². The zero-order valence-corrected chi connectivity index (χ0v) is 14.2. The zero-order chi connectivity index (χ0) is 16.9. The number of carbonyl (C=O) groups is 1. The minimum Gasteiger partial charge on any atom is -0.378 e. The van der Waals surface area contributed by atoms with Crippen molar-refractivity contribution in [1.29, 1.82) is 0 Å². The SMILES string of the molecule is C[C@H](N)C(=O)NCCNc1ccc(S(C)(=O)=O)cc1[N+](=O)[O-].Cl. The molecule has 0 aliphatic carbocycles. The van der Waals surface area contributed by atoms with E-state index in [1.54, 1.807) is 0 Å². The number of nitrogens with two attached hydrogens (primary N) is 1. The lowest BCUT2D eigenvalue weighted by atomic mass is 10.2. The van der Waals surface area contributed by atoms with Crippen LogP contribution in [0.15, 0.2) is 23.1 Å². The van der Waals surface area contributed by atoms with Crippen LogP contribution in [0.5, 0.6) is 0 Å². The Kier molecular flexibility index (Phi) is 7.93. The van der Waals surface area contributed by atoms with Gasteiger partial charge in [0.1, 0.15) is 5.69 Å². The van der Waals surface area contributed by atoms with Gasteiger partial charge in [0.15, 0.2) is 9.84 Å². The number of nitro benzene ring substituents is 1. The van der Waals surface area contributed by atoms with Crippen molar-refractivity contribution in [2.24, 2.45) is 5.73 Å². The average molecular weight is 367 g/mol. The second-order valence-corrected chi connectivity index (χ2v) is 6.73. The van der Waals surface area contributed by atoms with Crippen LogP contribution in [0.25, 0.3) is 0 Å². The molecule has 4 N–H and O–H groups in total. The number of hydrogen-bond acceptors (Lipinski definition) is 7. The summed E-state index contributed by atoms with van der Waals surface area (Å²) >= 11 is 0. The maximum atomic E-state index is 11.4. The van der Waals surface area contributed by atoms with E-state index in [1.165, 1.54) is 19.1 Å². The standard InChI is InChI=1S/C12H18N4O5S.ClH/c1-8(13)12(17)15-6-5-14-10-4-3-9(22(2,20)21)7-11(10)16(18)19;/h3-4,7-8,14H,5-6,13H2,1-2H3,(H,15,17);1H/t8-;/m0./s1. The normalized spacial score (nSPS) is 12.0. The first-order valence-electron chi connectivity index (χ1n) is 6.38. The molecular weight excluding hydrogens is 348 g/mol. The van der Waals surface area contributed by atoms with Crippen LogP contribution in [0.3, 0.4) is 0 Å². The number of amides is 1. The number of rotatable bonds is 7. The first-order chi connectivity index (χ1) is 10.1. The Morgan fingerprint density at radius 2 is 2.00 bits per heavy atom. The lowest BCUT2D eigenvalue weighted by Crippen LogP contribution is -2.40. The predicted molar refractivity (Wildman–Crippen MR) is 88.6 cm³/mol. The summed E-state index contributed by atoms with van der Waals surface area (Å²) in [6.07, 6.45) is 0.975. The minimum atomic E-state index is -3.52. The first kappa shape index (κ1) is 21.1. The highest BCUT2D eigenvalue weighted by Gasteiger charge is 2.18. The van der Waals surface area contributed by atoms with Gasteiger partial charge in [-0.25, -0.2) is 8.42 Å². The lowest BCUT2D eigenvalue weighted by Gasteiger charge is -2.10. The second kappa shape index (κ2) is 8.65. The molecule has 0 aliphatic heterocycles. The van der Waals surface area contributed by atoms with Gasteiger partial charge < -0.3 is 16.4 Å². The highest BCUT2D eigenvalue weighted by molar-refractivity contribution is 7.90. The van der Waals surface area contributed by atoms with Crippen LogP contribution in [-0.4, -0.2) is 44.6 Å². The lowest BCUT2D eigenvalue weighted by molar-refractivity contribution is -0.384. The molecule has 9 nitrogen and oxygen atoms in total. The molecular formula is C12H19ClN4O5S. The molecule has 1 atom stereocenters. The minimum absolute atomic E-state index is 0. The largest absolute Gasteiger partial charge is 0.378 e. The Labute approximate surface area is 140 Å². The van der Waals surface area contributed by atoms with Crippen molar-refractivity contribution in [3.05, 3.63) is 28.3 Å². The van der Waals surface area contributed by atoms with Gasteiger partial charge in [-0.3, -0.25) is 14.9 Å². The molecule has 0 aromatic heterocycles. The van der Waals surface area contributed by atoms with E-state index in [2.05, 4.69) is 10.6 Å². The molecule has 1 amide bonds. The Morgan fingerprint density at radius 1 is 1.39 bits per heavy atom. The van der Waals surface area contributed by atoms with Gasteiger partial charge in [0, 0.05) is 25.4 Å². The van der Waals surface area contributed by atoms with E-state index >= 15 is 0 Å². The van der Waals surface area contributed by atoms with Gasteiger partial charge in [0.25, 0.3) is 5.69 Å². The number of carbonyl (C=O) groups excluding carboxylic acids is 1. The summed E-state index contributed by atoms with van der Waals surface area (Å²) < 4.78 is 22.8. The fourth-order valence-corrected chi connectivity index (χ4v) is 2.23. The van der Waals surface area contributed by atoms with Crippen molar-refractivity contribution in [3.63, 3.8) is 0 Å². The van der Waals surface area contributed by atoms with Crippen molar-refractivity contribution in [2.75, 3.05) is 24.7 Å². The van der Waals surface area contributed by atoms with E-state index in [-0.39, 0.29) is 47.7 Å². The summed E-state index contributed by atoms with van der Waals surface area (Å²) in [5.74, 6) is -0.330. The summed E-state index contributed by atoms with van der Waals surface area (Å²) in [7, 11) is -3.52.